The summed E-state index contributed by atoms with van der Waals surface area (Å²) in [6, 6.07) is 0. The third-order valence-corrected chi connectivity index (χ3v) is 4.82. The maximum absolute atomic E-state index is 3.92. The highest BCUT2D eigenvalue weighted by Gasteiger charge is 2.12. The van der Waals surface area contributed by atoms with Crippen molar-refractivity contribution in [3.8, 4) is 11.8 Å². The van der Waals surface area contributed by atoms with Gasteiger partial charge in [0.15, 0.2) is 0 Å². The van der Waals surface area contributed by atoms with Crippen LogP contribution in [-0.4, -0.2) is 0 Å². The van der Waals surface area contributed by atoms with Crippen LogP contribution in [0.2, 0.25) is 0 Å². The Morgan fingerprint density at radius 2 is 1.04 bits per heavy atom. The van der Waals surface area contributed by atoms with Crippen molar-refractivity contribution in [2.24, 2.45) is 11.8 Å². The first-order valence-corrected chi connectivity index (χ1v) is 10.3. The summed E-state index contributed by atoms with van der Waals surface area (Å²) in [7, 11) is 0. The van der Waals surface area contributed by atoms with Crippen molar-refractivity contribution in [2.45, 2.75) is 110 Å². The van der Waals surface area contributed by atoms with Crippen LogP contribution in [0.4, 0.5) is 0 Å². The van der Waals surface area contributed by atoms with Crippen molar-refractivity contribution in [2.75, 3.05) is 0 Å². The molecule has 0 aromatic rings. The molecule has 0 amide bonds. The zero-order valence-electron chi connectivity index (χ0n) is 16.2. The molecule has 0 rings (SSSR count). The molecule has 1 unspecified atom stereocenters. The fourth-order valence-corrected chi connectivity index (χ4v) is 3.11. The SMILES string of the molecule is [CH2]CCCCC#CCCCCC(CCCCCCC[CH2])C(C)C. The summed E-state index contributed by atoms with van der Waals surface area (Å²) < 4.78 is 0. The maximum Gasteiger partial charge on any atom is 0.00886 e. The summed E-state index contributed by atoms with van der Waals surface area (Å²) in [6.45, 7) is 12.6. The second-order valence-corrected chi connectivity index (χ2v) is 7.32. The Labute approximate surface area is 148 Å². The van der Waals surface area contributed by atoms with Crippen LogP contribution in [0, 0.1) is 37.5 Å². The van der Waals surface area contributed by atoms with Crippen molar-refractivity contribution in [3.05, 3.63) is 13.8 Å². The molecule has 0 heterocycles. The summed E-state index contributed by atoms with van der Waals surface area (Å²) in [5, 5.41) is 0. The fraction of sp³-hybridized carbons (Fsp3) is 0.826. The Kier molecular flexibility index (Phi) is 17.6. The second-order valence-electron chi connectivity index (χ2n) is 7.32. The Bertz CT molecular complexity index is 278. The normalized spacial score (nSPS) is 12.2. The predicted octanol–water partition coefficient (Wildman–Crippen LogP) is 7.78. The molecule has 0 aliphatic rings. The van der Waals surface area contributed by atoms with Gasteiger partial charge in [-0.2, -0.15) is 0 Å². The van der Waals surface area contributed by atoms with Gasteiger partial charge in [-0.15, -0.1) is 11.8 Å². The number of rotatable bonds is 15. The molecule has 0 aromatic heterocycles. The Morgan fingerprint density at radius 3 is 1.61 bits per heavy atom. The van der Waals surface area contributed by atoms with Gasteiger partial charge < -0.3 is 0 Å². The molecule has 0 nitrogen and oxygen atoms in total. The van der Waals surface area contributed by atoms with Crippen LogP contribution in [-0.2, 0) is 0 Å². The first kappa shape index (κ1) is 22.6. The third kappa shape index (κ3) is 16.2. The second kappa shape index (κ2) is 17.9. The standard InChI is InChI=1S/C23H42/c1-5-7-9-11-13-14-15-17-19-21-23(22(3)4)20-18-16-12-10-8-6-2/h22-23H,1-2,5-12,15-21H2,3-4H3. The molecule has 0 aliphatic heterocycles. The van der Waals surface area contributed by atoms with Crippen LogP contribution < -0.4 is 0 Å². The van der Waals surface area contributed by atoms with E-state index < -0.39 is 0 Å². The average Bonchev–Trinajstić information content (AvgIpc) is 2.54. The topological polar surface area (TPSA) is 0 Å². The van der Waals surface area contributed by atoms with Crippen LogP contribution in [0.25, 0.3) is 0 Å². The quantitative estimate of drug-likeness (QED) is 0.213. The molecule has 0 aliphatic carbocycles. The highest BCUT2D eigenvalue weighted by molar-refractivity contribution is 4.98. The third-order valence-electron chi connectivity index (χ3n) is 4.82. The van der Waals surface area contributed by atoms with Gasteiger partial charge in [-0.3, -0.25) is 0 Å². The van der Waals surface area contributed by atoms with Crippen molar-refractivity contribution < 1.29 is 0 Å². The van der Waals surface area contributed by atoms with Gasteiger partial charge in [-0.1, -0.05) is 98.3 Å². The van der Waals surface area contributed by atoms with Gasteiger partial charge in [-0.25, -0.2) is 0 Å². The lowest BCUT2D eigenvalue weighted by Gasteiger charge is -2.20. The lowest BCUT2D eigenvalue weighted by molar-refractivity contribution is 0.315. The summed E-state index contributed by atoms with van der Waals surface area (Å²) in [6.07, 6.45) is 19.2. The molecule has 0 bridgehead atoms. The van der Waals surface area contributed by atoms with Gasteiger partial charge >= 0.3 is 0 Å². The molecular weight excluding hydrogens is 276 g/mol. The maximum atomic E-state index is 3.92. The zero-order chi connectivity index (χ0) is 17.2. The van der Waals surface area contributed by atoms with Crippen molar-refractivity contribution in [3.63, 3.8) is 0 Å². The van der Waals surface area contributed by atoms with E-state index in [1.165, 1.54) is 70.6 Å². The molecule has 0 N–H and O–H groups in total. The van der Waals surface area contributed by atoms with Gasteiger partial charge in [0.1, 0.15) is 0 Å². The molecule has 0 saturated heterocycles. The fourth-order valence-electron chi connectivity index (χ4n) is 3.11. The van der Waals surface area contributed by atoms with E-state index in [0.717, 1.165) is 37.5 Å². The molecule has 23 heavy (non-hydrogen) atoms. The van der Waals surface area contributed by atoms with Crippen LogP contribution in [0.15, 0.2) is 0 Å². The molecule has 0 spiro atoms. The highest BCUT2D eigenvalue weighted by Crippen LogP contribution is 2.25. The average molecular weight is 319 g/mol. The van der Waals surface area contributed by atoms with Crippen LogP contribution in [0.5, 0.6) is 0 Å². The minimum atomic E-state index is 0.837. The van der Waals surface area contributed by atoms with Gasteiger partial charge in [0.25, 0.3) is 0 Å². The summed E-state index contributed by atoms with van der Waals surface area (Å²) >= 11 is 0. The monoisotopic (exact) mass is 318 g/mol. The number of unbranched alkanes of at least 4 members (excludes halogenated alkanes) is 10. The minimum absolute atomic E-state index is 0.837. The zero-order valence-corrected chi connectivity index (χ0v) is 16.2. The van der Waals surface area contributed by atoms with E-state index in [4.69, 9.17) is 0 Å². The molecule has 0 aromatic carbocycles. The van der Waals surface area contributed by atoms with Crippen molar-refractivity contribution >= 4 is 0 Å². The molecule has 0 fully saturated rings. The Hall–Kier alpha value is -0.440. The summed E-state index contributed by atoms with van der Waals surface area (Å²) in [5.41, 5.74) is 0. The number of hydrogen-bond acceptors (Lipinski definition) is 0. The lowest BCUT2D eigenvalue weighted by atomic mass is 9.86. The Balaban J connectivity index is 3.60. The minimum Gasteiger partial charge on any atom is -0.103 e. The lowest BCUT2D eigenvalue weighted by Crippen LogP contribution is -2.08. The van der Waals surface area contributed by atoms with Crippen molar-refractivity contribution in [1.29, 1.82) is 0 Å². The van der Waals surface area contributed by atoms with Crippen LogP contribution >= 0.6 is 0 Å². The van der Waals surface area contributed by atoms with E-state index in [0.29, 0.717) is 0 Å². The van der Waals surface area contributed by atoms with Gasteiger partial charge in [-0.05, 0) is 24.7 Å². The van der Waals surface area contributed by atoms with Gasteiger partial charge in [0.05, 0.1) is 0 Å². The molecule has 0 saturated carbocycles. The molecular formula is C23H42. The largest absolute Gasteiger partial charge is 0.103 e. The number of hydrogen-bond donors (Lipinski definition) is 0. The van der Waals surface area contributed by atoms with Gasteiger partial charge in [0.2, 0.25) is 0 Å². The molecule has 0 heteroatoms. The van der Waals surface area contributed by atoms with E-state index in [1.807, 2.05) is 0 Å². The van der Waals surface area contributed by atoms with E-state index in [1.54, 1.807) is 0 Å². The van der Waals surface area contributed by atoms with E-state index in [-0.39, 0.29) is 0 Å². The smallest absolute Gasteiger partial charge is 0.00886 e. The van der Waals surface area contributed by atoms with Crippen LogP contribution in [0.1, 0.15) is 110 Å². The first-order chi connectivity index (χ1) is 11.2. The van der Waals surface area contributed by atoms with E-state index in [2.05, 4.69) is 39.5 Å². The molecule has 1 atom stereocenters. The van der Waals surface area contributed by atoms with Crippen molar-refractivity contribution in [1.82, 2.24) is 0 Å². The predicted molar refractivity (Wildman–Crippen MR) is 106 cm³/mol. The van der Waals surface area contributed by atoms with E-state index in [9.17, 15) is 0 Å². The highest BCUT2D eigenvalue weighted by atomic mass is 14.2. The first-order valence-electron chi connectivity index (χ1n) is 10.3. The molecule has 134 valence electrons. The van der Waals surface area contributed by atoms with E-state index >= 15 is 0 Å². The molecule has 2 radical (unpaired) electrons. The summed E-state index contributed by atoms with van der Waals surface area (Å²) in [5.74, 6) is 8.41. The van der Waals surface area contributed by atoms with Crippen LogP contribution in [0.3, 0.4) is 0 Å². The Morgan fingerprint density at radius 1 is 0.609 bits per heavy atom. The van der Waals surface area contributed by atoms with Gasteiger partial charge in [0, 0.05) is 12.8 Å². The summed E-state index contributed by atoms with van der Waals surface area (Å²) in [4.78, 5) is 0.